The zero-order chi connectivity index (χ0) is 22.8. The molecule has 1 aliphatic carbocycles. The van der Waals surface area contributed by atoms with Gasteiger partial charge in [-0.1, -0.05) is 82.2 Å². The molecule has 0 amide bonds. The Balaban J connectivity index is 1.52. The standard InChI is InChI=1S/C29H38F2O/c1-3-5-6-7-8-9-10-22-11-13-23(14-12-22)24-15-17-25(18-16-24)26-19-20-27(32-21-4-2)29(31)28(26)30/h4,15-23H,3,5-14H2,1-2H3/b21-4-. The topological polar surface area (TPSA) is 9.23 Å². The summed E-state index contributed by atoms with van der Waals surface area (Å²) in [5.41, 5.74) is 2.28. The van der Waals surface area contributed by atoms with Crippen LogP contribution in [0, 0.1) is 17.6 Å². The first-order chi connectivity index (χ1) is 15.6. The molecule has 0 spiro atoms. The zero-order valence-electron chi connectivity index (χ0n) is 19.7. The summed E-state index contributed by atoms with van der Waals surface area (Å²) in [5, 5.41) is 0. The minimum atomic E-state index is -0.951. The minimum absolute atomic E-state index is 0.0984. The Labute approximate surface area is 192 Å². The maximum Gasteiger partial charge on any atom is 0.201 e. The van der Waals surface area contributed by atoms with E-state index < -0.39 is 11.6 Å². The Morgan fingerprint density at radius 3 is 2.22 bits per heavy atom. The first kappa shape index (κ1) is 24.5. The molecule has 0 bridgehead atoms. The lowest BCUT2D eigenvalue weighted by Gasteiger charge is -2.29. The SMILES string of the molecule is C/C=C\Oc1ccc(-c2ccc(C3CCC(CCCCCCCC)CC3)cc2)c(F)c1F. The van der Waals surface area contributed by atoms with E-state index >= 15 is 0 Å². The molecule has 0 radical (unpaired) electrons. The molecule has 0 N–H and O–H groups in total. The summed E-state index contributed by atoms with van der Waals surface area (Å²) in [7, 11) is 0. The van der Waals surface area contributed by atoms with Crippen LogP contribution in [0.3, 0.4) is 0 Å². The highest BCUT2D eigenvalue weighted by Crippen LogP contribution is 2.39. The zero-order valence-corrected chi connectivity index (χ0v) is 19.7. The van der Waals surface area contributed by atoms with E-state index in [1.807, 2.05) is 12.1 Å². The molecule has 32 heavy (non-hydrogen) atoms. The van der Waals surface area contributed by atoms with Crippen LogP contribution in [-0.2, 0) is 0 Å². The number of ether oxygens (including phenoxy) is 1. The van der Waals surface area contributed by atoms with Crippen molar-refractivity contribution in [3.8, 4) is 16.9 Å². The summed E-state index contributed by atoms with van der Waals surface area (Å²) in [4.78, 5) is 0. The third-order valence-electron chi connectivity index (χ3n) is 6.88. The van der Waals surface area contributed by atoms with E-state index in [9.17, 15) is 8.78 Å². The molecule has 0 saturated heterocycles. The maximum absolute atomic E-state index is 14.6. The Kier molecular flexibility index (Phi) is 9.77. The van der Waals surface area contributed by atoms with E-state index in [0.29, 0.717) is 11.5 Å². The summed E-state index contributed by atoms with van der Waals surface area (Å²) in [5.74, 6) is -0.442. The van der Waals surface area contributed by atoms with Gasteiger partial charge in [0.1, 0.15) is 0 Å². The molecular formula is C29H38F2O. The van der Waals surface area contributed by atoms with Gasteiger partial charge in [-0.15, -0.1) is 0 Å². The molecule has 0 aliphatic heterocycles. The molecule has 1 fully saturated rings. The van der Waals surface area contributed by atoms with Crippen molar-refractivity contribution in [2.75, 3.05) is 0 Å². The highest BCUT2D eigenvalue weighted by molar-refractivity contribution is 5.65. The van der Waals surface area contributed by atoms with Gasteiger partial charge in [-0.05, 0) is 67.7 Å². The Hall–Kier alpha value is -2.16. The fourth-order valence-corrected chi connectivity index (χ4v) is 4.92. The van der Waals surface area contributed by atoms with E-state index in [4.69, 9.17) is 4.74 Å². The lowest BCUT2D eigenvalue weighted by atomic mass is 9.77. The van der Waals surface area contributed by atoms with E-state index in [-0.39, 0.29) is 11.3 Å². The number of halogens is 2. The third-order valence-corrected chi connectivity index (χ3v) is 6.88. The van der Waals surface area contributed by atoms with Crippen LogP contribution < -0.4 is 4.74 Å². The van der Waals surface area contributed by atoms with Crippen LogP contribution in [0.5, 0.6) is 5.75 Å². The Bertz CT molecular complexity index is 848. The summed E-state index contributed by atoms with van der Waals surface area (Å²) in [6.07, 6.45) is 17.7. The van der Waals surface area contributed by atoms with Gasteiger partial charge in [0.25, 0.3) is 0 Å². The van der Waals surface area contributed by atoms with Crippen molar-refractivity contribution in [3.63, 3.8) is 0 Å². The lowest BCUT2D eigenvalue weighted by Crippen LogP contribution is -2.13. The van der Waals surface area contributed by atoms with Crippen LogP contribution in [0.15, 0.2) is 48.7 Å². The summed E-state index contributed by atoms with van der Waals surface area (Å²) >= 11 is 0. The van der Waals surface area contributed by atoms with Crippen LogP contribution in [0.4, 0.5) is 8.78 Å². The van der Waals surface area contributed by atoms with Gasteiger partial charge in [0.2, 0.25) is 5.82 Å². The monoisotopic (exact) mass is 440 g/mol. The van der Waals surface area contributed by atoms with Crippen molar-refractivity contribution in [1.82, 2.24) is 0 Å². The van der Waals surface area contributed by atoms with E-state index in [1.165, 1.54) is 88.5 Å². The van der Waals surface area contributed by atoms with Crippen molar-refractivity contribution in [3.05, 3.63) is 65.9 Å². The van der Waals surface area contributed by atoms with Crippen LogP contribution in [0.1, 0.15) is 96.0 Å². The molecule has 3 heteroatoms. The van der Waals surface area contributed by atoms with Gasteiger partial charge >= 0.3 is 0 Å². The molecule has 174 valence electrons. The van der Waals surface area contributed by atoms with Crippen molar-refractivity contribution < 1.29 is 13.5 Å². The Morgan fingerprint density at radius 2 is 1.53 bits per heavy atom. The highest BCUT2D eigenvalue weighted by Gasteiger charge is 2.22. The van der Waals surface area contributed by atoms with Gasteiger partial charge in [0.05, 0.1) is 6.26 Å². The van der Waals surface area contributed by atoms with Crippen LogP contribution in [0.25, 0.3) is 11.1 Å². The molecule has 3 rings (SSSR count). The lowest BCUT2D eigenvalue weighted by molar-refractivity contribution is 0.302. The van der Waals surface area contributed by atoms with Crippen LogP contribution in [-0.4, -0.2) is 0 Å². The van der Waals surface area contributed by atoms with Crippen molar-refractivity contribution >= 4 is 0 Å². The number of unbranched alkanes of at least 4 members (excludes halogenated alkanes) is 5. The molecule has 2 aromatic rings. The van der Waals surface area contributed by atoms with Gasteiger partial charge in [0, 0.05) is 5.56 Å². The smallest absolute Gasteiger partial charge is 0.201 e. The fourth-order valence-electron chi connectivity index (χ4n) is 4.92. The number of rotatable bonds is 11. The van der Waals surface area contributed by atoms with Gasteiger partial charge in [-0.3, -0.25) is 0 Å². The maximum atomic E-state index is 14.6. The number of benzene rings is 2. The summed E-state index contributed by atoms with van der Waals surface area (Å²) in [6, 6.07) is 11.1. The van der Waals surface area contributed by atoms with Gasteiger partial charge in [0.15, 0.2) is 11.6 Å². The molecule has 1 nitrogen and oxygen atoms in total. The highest BCUT2D eigenvalue weighted by atomic mass is 19.2. The van der Waals surface area contributed by atoms with E-state index in [1.54, 1.807) is 19.1 Å². The molecule has 1 saturated carbocycles. The van der Waals surface area contributed by atoms with E-state index in [0.717, 1.165) is 5.92 Å². The van der Waals surface area contributed by atoms with E-state index in [2.05, 4.69) is 19.1 Å². The van der Waals surface area contributed by atoms with Gasteiger partial charge < -0.3 is 4.74 Å². The molecule has 0 unspecified atom stereocenters. The second-order valence-electron chi connectivity index (χ2n) is 9.22. The van der Waals surface area contributed by atoms with Crippen LogP contribution in [0.2, 0.25) is 0 Å². The average Bonchev–Trinajstić information content (AvgIpc) is 2.83. The largest absolute Gasteiger partial charge is 0.462 e. The minimum Gasteiger partial charge on any atom is -0.462 e. The fraction of sp³-hybridized carbons (Fsp3) is 0.517. The molecule has 0 aromatic heterocycles. The molecule has 2 aromatic carbocycles. The molecule has 0 atom stereocenters. The van der Waals surface area contributed by atoms with Gasteiger partial charge in [-0.25, -0.2) is 4.39 Å². The van der Waals surface area contributed by atoms with Gasteiger partial charge in [-0.2, -0.15) is 4.39 Å². The summed E-state index contributed by atoms with van der Waals surface area (Å²) in [6.45, 7) is 4.02. The van der Waals surface area contributed by atoms with Crippen molar-refractivity contribution in [2.45, 2.75) is 90.4 Å². The molecular weight excluding hydrogens is 402 g/mol. The average molecular weight is 441 g/mol. The van der Waals surface area contributed by atoms with Crippen molar-refractivity contribution in [2.24, 2.45) is 5.92 Å². The molecule has 0 heterocycles. The first-order valence-corrected chi connectivity index (χ1v) is 12.5. The third kappa shape index (κ3) is 6.67. The number of hydrogen-bond acceptors (Lipinski definition) is 1. The predicted molar refractivity (Wildman–Crippen MR) is 130 cm³/mol. The number of hydrogen-bond donors (Lipinski definition) is 0. The second kappa shape index (κ2) is 12.8. The number of allylic oxidation sites excluding steroid dienone is 1. The molecule has 1 aliphatic rings. The normalized spacial score (nSPS) is 18.9. The second-order valence-corrected chi connectivity index (χ2v) is 9.22. The predicted octanol–water partition coefficient (Wildman–Crippen LogP) is 9.57. The first-order valence-electron chi connectivity index (χ1n) is 12.5. The van der Waals surface area contributed by atoms with Crippen LogP contribution >= 0.6 is 0 Å². The Morgan fingerprint density at radius 1 is 0.844 bits per heavy atom. The summed E-state index contributed by atoms with van der Waals surface area (Å²) < 4.78 is 34.0. The quantitative estimate of drug-likeness (QED) is 0.250. The van der Waals surface area contributed by atoms with Crippen molar-refractivity contribution in [1.29, 1.82) is 0 Å².